The van der Waals surface area contributed by atoms with Gasteiger partial charge in [0.2, 0.25) is 0 Å². The predicted molar refractivity (Wildman–Crippen MR) is 103 cm³/mol. The molecule has 0 spiro atoms. The van der Waals surface area contributed by atoms with Crippen LogP contribution >= 0.6 is 0 Å². The van der Waals surface area contributed by atoms with E-state index in [0.717, 1.165) is 30.8 Å². The van der Waals surface area contributed by atoms with Gasteiger partial charge in [0.15, 0.2) is 0 Å². The summed E-state index contributed by atoms with van der Waals surface area (Å²) in [6, 6.07) is 20.9. The molecule has 2 heterocycles. The Hall–Kier alpha value is -2.85. The lowest BCUT2D eigenvalue weighted by atomic mass is 9.94. The van der Waals surface area contributed by atoms with Gasteiger partial charge in [-0.3, -0.25) is 0 Å². The second-order valence-corrected chi connectivity index (χ2v) is 6.56. The zero-order chi connectivity index (χ0) is 17.2. The molecule has 2 aromatic carbocycles. The van der Waals surface area contributed by atoms with Gasteiger partial charge in [0, 0.05) is 5.69 Å². The normalized spacial score (nSPS) is 16.4. The predicted octanol–water partition coefficient (Wildman–Crippen LogP) is 3.34. The van der Waals surface area contributed by atoms with Crippen LogP contribution in [0.3, 0.4) is 0 Å². The van der Waals surface area contributed by atoms with E-state index in [2.05, 4.69) is 52.8 Å². The van der Waals surface area contributed by atoms with E-state index in [1.165, 1.54) is 22.3 Å². The van der Waals surface area contributed by atoms with Gasteiger partial charge < -0.3 is 16.8 Å². The van der Waals surface area contributed by atoms with Crippen molar-refractivity contribution < 1.29 is 0 Å². The summed E-state index contributed by atoms with van der Waals surface area (Å²) in [4.78, 5) is 4.57. The number of fused-ring (bicyclic) bond motifs is 1. The quantitative estimate of drug-likeness (QED) is 0.644. The van der Waals surface area contributed by atoms with E-state index in [4.69, 9.17) is 11.5 Å². The van der Waals surface area contributed by atoms with E-state index < -0.39 is 0 Å². The van der Waals surface area contributed by atoms with Crippen molar-refractivity contribution in [2.75, 3.05) is 18.0 Å². The highest BCUT2D eigenvalue weighted by Gasteiger charge is 2.21. The van der Waals surface area contributed by atoms with Crippen LogP contribution in [-0.4, -0.2) is 11.5 Å². The molecule has 126 valence electrons. The van der Waals surface area contributed by atoms with Gasteiger partial charge in [-0.1, -0.05) is 42.5 Å². The molecule has 0 saturated heterocycles. The van der Waals surface area contributed by atoms with Crippen molar-refractivity contribution in [3.05, 3.63) is 77.5 Å². The van der Waals surface area contributed by atoms with Crippen molar-refractivity contribution >= 4 is 11.5 Å². The first kappa shape index (κ1) is 15.7. The first-order chi connectivity index (χ1) is 12.2. The SMILES string of the molecule is Nc1ccc(-c2ccc(CC3NCCc4ccc(N)nc43)cc2)cc1. The maximum absolute atomic E-state index is 5.88. The Morgan fingerprint density at radius 3 is 2.28 bits per heavy atom. The fourth-order valence-corrected chi connectivity index (χ4v) is 3.42. The number of hydrogen-bond donors (Lipinski definition) is 3. The second-order valence-electron chi connectivity index (χ2n) is 6.56. The lowest BCUT2D eigenvalue weighted by Crippen LogP contribution is -2.32. The number of anilines is 2. The van der Waals surface area contributed by atoms with Crippen LogP contribution in [0.5, 0.6) is 0 Å². The van der Waals surface area contributed by atoms with Gasteiger partial charge in [0.25, 0.3) is 0 Å². The molecule has 0 bridgehead atoms. The highest BCUT2D eigenvalue weighted by Crippen LogP contribution is 2.27. The number of nitrogens with zero attached hydrogens (tertiary/aromatic N) is 1. The van der Waals surface area contributed by atoms with Gasteiger partial charge in [0.1, 0.15) is 5.82 Å². The smallest absolute Gasteiger partial charge is 0.123 e. The molecule has 3 aromatic rings. The molecule has 0 radical (unpaired) electrons. The standard InChI is InChI=1S/C21H22N4/c22-18-8-5-16(6-9-18)15-3-1-14(2-4-15)13-19-21-17(11-12-24-19)7-10-20(23)25-21/h1-10,19,24H,11-13,22H2,(H2,23,25). The summed E-state index contributed by atoms with van der Waals surface area (Å²) < 4.78 is 0. The Morgan fingerprint density at radius 1 is 0.880 bits per heavy atom. The summed E-state index contributed by atoms with van der Waals surface area (Å²) in [7, 11) is 0. The van der Waals surface area contributed by atoms with Crippen molar-refractivity contribution in [2.24, 2.45) is 0 Å². The molecule has 1 aromatic heterocycles. The molecule has 25 heavy (non-hydrogen) atoms. The minimum absolute atomic E-state index is 0.217. The van der Waals surface area contributed by atoms with Gasteiger partial charge in [-0.2, -0.15) is 0 Å². The lowest BCUT2D eigenvalue weighted by Gasteiger charge is -2.26. The summed E-state index contributed by atoms with van der Waals surface area (Å²) in [5.74, 6) is 0.589. The molecule has 0 fully saturated rings. The number of nitrogens with one attached hydrogen (secondary N) is 1. The lowest BCUT2D eigenvalue weighted by molar-refractivity contribution is 0.489. The Bertz CT molecular complexity index is 869. The highest BCUT2D eigenvalue weighted by atomic mass is 15.0. The molecule has 1 unspecified atom stereocenters. The van der Waals surface area contributed by atoms with Crippen molar-refractivity contribution in [1.29, 1.82) is 0 Å². The van der Waals surface area contributed by atoms with E-state index in [0.29, 0.717) is 5.82 Å². The molecule has 0 saturated carbocycles. The molecule has 4 rings (SSSR count). The monoisotopic (exact) mass is 330 g/mol. The van der Waals surface area contributed by atoms with E-state index in [1.54, 1.807) is 0 Å². The zero-order valence-electron chi connectivity index (χ0n) is 14.1. The Labute approximate surface area is 147 Å². The summed E-state index contributed by atoms with van der Waals surface area (Å²) in [6.45, 7) is 0.979. The van der Waals surface area contributed by atoms with E-state index in [-0.39, 0.29) is 6.04 Å². The van der Waals surface area contributed by atoms with Gasteiger partial charge in [-0.05, 0) is 59.8 Å². The highest BCUT2D eigenvalue weighted by molar-refractivity contribution is 5.65. The van der Waals surface area contributed by atoms with Crippen molar-refractivity contribution in [1.82, 2.24) is 10.3 Å². The van der Waals surface area contributed by atoms with Crippen LogP contribution < -0.4 is 16.8 Å². The van der Waals surface area contributed by atoms with Crippen LogP contribution in [-0.2, 0) is 12.8 Å². The maximum Gasteiger partial charge on any atom is 0.123 e. The number of nitrogen functional groups attached to an aromatic ring is 2. The first-order valence-corrected chi connectivity index (χ1v) is 8.62. The van der Waals surface area contributed by atoms with Crippen molar-refractivity contribution in [3.63, 3.8) is 0 Å². The summed E-state index contributed by atoms with van der Waals surface area (Å²) in [5, 5.41) is 3.57. The molecule has 4 nitrogen and oxygen atoms in total. The van der Waals surface area contributed by atoms with Crippen LogP contribution in [0.15, 0.2) is 60.7 Å². The third-order valence-corrected chi connectivity index (χ3v) is 4.79. The van der Waals surface area contributed by atoms with Crippen LogP contribution in [0.4, 0.5) is 11.5 Å². The van der Waals surface area contributed by atoms with Crippen molar-refractivity contribution in [3.8, 4) is 11.1 Å². The zero-order valence-corrected chi connectivity index (χ0v) is 14.1. The third-order valence-electron chi connectivity index (χ3n) is 4.79. The molecule has 1 aliphatic heterocycles. The third kappa shape index (κ3) is 3.35. The van der Waals surface area contributed by atoms with Gasteiger partial charge in [-0.15, -0.1) is 0 Å². The van der Waals surface area contributed by atoms with Gasteiger partial charge in [-0.25, -0.2) is 4.98 Å². The topological polar surface area (TPSA) is 77.0 Å². The number of rotatable bonds is 3. The van der Waals surface area contributed by atoms with Gasteiger partial charge in [0.05, 0.1) is 11.7 Å². The molecule has 4 heteroatoms. The Balaban J connectivity index is 1.54. The number of aromatic nitrogens is 1. The van der Waals surface area contributed by atoms with E-state index in [1.807, 2.05) is 18.2 Å². The molecule has 1 aliphatic rings. The van der Waals surface area contributed by atoms with Crippen LogP contribution in [0.1, 0.15) is 22.9 Å². The largest absolute Gasteiger partial charge is 0.399 e. The number of pyridine rings is 1. The van der Waals surface area contributed by atoms with E-state index in [9.17, 15) is 0 Å². The fourth-order valence-electron chi connectivity index (χ4n) is 3.42. The van der Waals surface area contributed by atoms with E-state index >= 15 is 0 Å². The van der Waals surface area contributed by atoms with Crippen LogP contribution in [0, 0.1) is 0 Å². The van der Waals surface area contributed by atoms with Gasteiger partial charge >= 0.3 is 0 Å². The molecule has 5 N–H and O–H groups in total. The molecular formula is C21H22N4. The average Bonchev–Trinajstić information content (AvgIpc) is 2.64. The Kier molecular flexibility index (Phi) is 4.12. The van der Waals surface area contributed by atoms with Crippen molar-refractivity contribution in [2.45, 2.75) is 18.9 Å². The number of hydrogen-bond acceptors (Lipinski definition) is 4. The fraction of sp³-hybridized carbons (Fsp3) is 0.190. The summed E-state index contributed by atoms with van der Waals surface area (Å²) in [6.07, 6.45) is 1.92. The Morgan fingerprint density at radius 2 is 1.56 bits per heavy atom. The molecular weight excluding hydrogens is 308 g/mol. The minimum atomic E-state index is 0.217. The number of benzene rings is 2. The summed E-state index contributed by atoms with van der Waals surface area (Å²) in [5.41, 5.74) is 18.5. The van der Waals surface area contributed by atoms with Crippen LogP contribution in [0.25, 0.3) is 11.1 Å². The van der Waals surface area contributed by atoms with Crippen LogP contribution in [0.2, 0.25) is 0 Å². The molecule has 0 aliphatic carbocycles. The average molecular weight is 330 g/mol. The molecule has 1 atom stereocenters. The summed E-state index contributed by atoms with van der Waals surface area (Å²) >= 11 is 0. The minimum Gasteiger partial charge on any atom is -0.399 e. The maximum atomic E-state index is 5.88. The second kappa shape index (κ2) is 6.57. The number of nitrogens with two attached hydrogens (primary N) is 2. The molecule has 0 amide bonds. The first-order valence-electron chi connectivity index (χ1n) is 8.62.